The van der Waals surface area contributed by atoms with Crippen molar-refractivity contribution >= 4 is 5.65 Å². The fraction of sp³-hybridized carbons (Fsp3) is 0.0500. The van der Waals surface area contributed by atoms with Gasteiger partial charge in [-0.3, -0.25) is 0 Å². The van der Waals surface area contributed by atoms with Crippen LogP contribution in [0.3, 0.4) is 0 Å². The Labute approximate surface area is 147 Å². The maximum atomic E-state index is 14.5. The molecule has 0 unspecified atom stereocenters. The van der Waals surface area contributed by atoms with E-state index < -0.39 is 18.2 Å². The van der Waals surface area contributed by atoms with Crippen LogP contribution in [-0.4, -0.2) is 14.5 Å². The van der Waals surface area contributed by atoms with Gasteiger partial charge in [-0.25, -0.2) is 18.2 Å². The molecule has 0 saturated carbocycles. The fourth-order valence-corrected chi connectivity index (χ4v) is 2.88. The monoisotopic (exact) mass is 354 g/mol. The summed E-state index contributed by atoms with van der Waals surface area (Å²) in [5, 5.41) is 9.17. The molecule has 0 amide bonds. The summed E-state index contributed by atoms with van der Waals surface area (Å²) in [5.41, 5.74) is 2.39. The zero-order valence-electron chi connectivity index (χ0n) is 13.5. The SMILES string of the molecule is OCc1c(F)ccc(-c2ccc3nc(-c4ccc(F)cc4)cn3c2)c1F. The topological polar surface area (TPSA) is 37.5 Å². The number of imidazole rings is 1. The number of nitrogens with zero attached hydrogens (tertiary/aromatic N) is 2. The molecule has 0 bridgehead atoms. The molecule has 0 fully saturated rings. The van der Waals surface area contributed by atoms with Crippen LogP contribution >= 0.6 is 0 Å². The van der Waals surface area contributed by atoms with Crippen molar-refractivity contribution in [2.75, 3.05) is 0 Å². The number of aliphatic hydroxyl groups excluding tert-OH is 1. The molecule has 0 aliphatic carbocycles. The third-order valence-electron chi connectivity index (χ3n) is 4.25. The Kier molecular flexibility index (Phi) is 3.97. The largest absolute Gasteiger partial charge is 0.391 e. The molecule has 4 rings (SSSR count). The van der Waals surface area contributed by atoms with Gasteiger partial charge < -0.3 is 9.51 Å². The summed E-state index contributed by atoms with van der Waals surface area (Å²) in [4.78, 5) is 4.46. The van der Waals surface area contributed by atoms with E-state index in [4.69, 9.17) is 5.11 Å². The van der Waals surface area contributed by atoms with Crippen molar-refractivity contribution < 1.29 is 18.3 Å². The van der Waals surface area contributed by atoms with Gasteiger partial charge in [0.1, 0.15) is 23.1 Å². The van der Waals surface area contributed by atoms with Crippen LogP contribution in [0.2, 0.25) is 0 Å². The van der Waals surface area contributed by atoms with Crippen molar-refractivity contribution in [1.29, 1.82) is 0 Å². The predicted molar refractivity (Wildman–Crippen MR) is 91.9 cm³/mol. The van der Waals surface area contributed by atoms with Crippen LogP contribution in [0.25, 0.3) is 28.0 Å². The van der Waals surface area contributed by atoms with Gasteiger partial charge in [0.15, 0.2) is 0 Å². The van der Waals surface area contributed by atoms with Crippen molar-refractivity contribution in [3.63, 3.8) is 0 Å². The molecule has 1 N–H and O–H groups in total. The summed E-state index contributed by atoms with van der Waals surface area (Å²) in [6.07, 6.45) is 3.42. The molecule has 6 heteroatoms. The molecule has 2 aromatic heterocycles. The number of rotatable bonds is 3. The highest BCUT2D eigenvalue weighted by Gasteiger charge is 2.15. The number of hydrogen-bond donors (Lipinski definition) is 1. The fourth-order valence-electron chi connectivity index (χ4n) is 2.88. The Bertz CT molecular complexity index is 1100. The molecule has 2 aromatic carbocycles. The second-order valence-corrected chi connectivity index (χ2v) is 5.86. The molecule has 3 nitrogen and oxygen atoms in total. The normalized spacial score (nSPS) is 11.2. The van der Waals surface area contributed by atoms with Gasteiger partial charge in [0.2, 0.25) is 0 Å². The highest BCUT2D eigenvalue weighted by Crippen LogP contribution is 2.28. The van der Waals surface area contributed by atoms with Crippen molar-refractivity contribution in [2.45, 2.75) is 6.61 Å². The van der Waals surface area contributed by atoms with E-state index in [1.807, 2.05) is 0 Å². The predicted octanol–water partition coefficient (Wildman–Crippen LogP) is 4.58. The van der Waals surface area contributed by atoms with Gasteiger partial charge in [-0.05, 0) is 48.5 Å². The molecule has 0 spiro atoms. The summed E-state index contributed by atoms with van der Waals surface area (Å²) in [6.45, 7) is -0.715. The molecule has 4 aromatic rings. The molecule has 26 heavy (non-hydrogen) atoms. The number of benzene rings is 2. The van der Waals surface area contributed by atoms with Crippen LogP contribution in [0.15, 0.2) is 60.9 Å². The van der Waals surface area contributed by atoms with Crippen LogP contribution in [0, 0.1) is 17.5 Å². The quantitative estimate of drug-likeness (QED) is 0.585. The Morgan fingerprint density at radius 3 is 2.31 bits per heavy atom. The lowest BCUT2D eigenvalue weighted by Crippen LogP contribution is -1.98. The Balaban J connectivity index is 1.80. The highest BCUT2D eigenvalue weighted by molar-refractivity contribution is 5.68. The van der Waals surface area contributed by atoms with Crippen molar-refractivity contribution in [2.24, 2.45) is 0 Å². The van der Waals surface area contributed by atoms with E-state index in [1.54, 1.807) is 41.1 Å². The first kappa shape index (κ1) is 16.4. The number of fused-ring (bicyclic) bond motifs is 1. The summed E-state index contributed by atoms with van der Waals surface area (Å²) in [5.74, 6) is -1.90. The third-order valence-corrected chi connectivity index (χ3v) is 4.25. The van der Waals surface area contributed by atoms with E-state index in [2.05, 4.69) is 4.98 Å². The van der Waals surface area contributed by atoms with Crippen LogP contribution in [0.5, 0.6) is 0 Å². The molecule has 0 aliphatic heterocycles. The number of aliphatic hydroxyl groups is 1. The molecule has 0 atom stereocenters. The number of pyridine rings is 1. The molecular weight excluding hydrogens is 341 g/mol. The van der Waals surface area contributed by atoms with E-state index in [-0.39, 0.29) is 16.9 Å². The van der Waals surface area contributed by atoms with Crippen LogP contribution in [0.1, 0.15) is 5.56 Å². The second kappa shape index (κ2) is 6.31. The van der Waals surface area contributed by atoms with E-state index in [1.165, 1.54) is 18.2 Å². The van der Waals surface area contributed by atoms with Gasteiger partial charge in [-0.15, -0.1) is 0 Å². The minimum atomic E-state index is -0.786. The van der Waals surface area contributed by atoms with E-state index in [0.717, 1.165) is 11.6 Å². The lowest BCUT2D eigenvalue weighted by molar-refractivity contribution is 0.269. The average Bonchev–Trinajstić information content (AvgIpc) is 3.06. The molecule has 2 heterocycles. The molecule has 0 saturated heterocycles. The molecule has 0 radical (unpaired) electrons. The number of aromatic nitrogens is 2. The van der Waals surface area contributed by atoms with Gasteiger partial charge >= 0.3 is 0 Å². The minimum absolute atomic E-state index is 0.189. The van der Waals surface area contributed by atoms with Gasteiger partial charge in [0.25, 0.3) is 0 Å². The lowest BCUT2D eigenvalue weighted by atomic mass is 10.0. The number of hydrogen-bond acceptors (Lipinski definition) is 2. The van der Waals surface area contributed by atoms with Crippen LogP contribution < -0.4 is 0 Å². The maximum Gasteiger partial charge on any atom is 0.139 e. The molecular formula is C20H13F3N2O. The summed E-state index contributed by atoms with van der Waals surface area (Å²) in [6, 6.07) is 11.8. The standard InChI is InChI=1S/C20H13F3N2O/c21-14-4-1-12(2-5-14)18-10-25-9-13(3-8-19(25)24-18)15-6-7-17(22)16(11-26)20(15)23/h1-10,26H,11H2. The zero-order chi connectivity index (χ0) is 18.3. The van der Waals surface area contributed by atoms with Crippen molar-refractivity contribution in [3.8, 4) is 22.4 Å². The Morgan fingerprint density at radius 2 is 1.58 bits per heavy atom. The number of halogens is 3. The minimum Gasteiger partial charge on any atom is -0.391 e. The first-order valence-electron chi connectivity index (χ1n) is 7.89. The summed E-state index contributed by atoms with van der Waals surface area (Å²) >= 11 is 0. The highest BCUT2D eigenvalue weighted by atomic mass is 19.1. The first-order chi connectivity index (χ1) is 12.6. The van der Waals surface area contributed by atoms with Gasteiger partial charge in [0, 0.05) is 34.6 Å². The molecule has 0 aliphatic rings. The summed E-state index contributed by atoms with van der Waals surface area (Å²) in [7, 11) is 0. The molecule has 130 valence electrons. The van der Waals surface area contributed by atoms with E-state index >= 15 is 0 Å². The maximum absolute atomic E-state index is 14.5. The van der Waals surface area contributed by atoms with Gasteiger partial charge in [-0.1, -0.05) is 0 Å². The van der Waals surface area contributed by atoms with Crippen LogP contribution in [-0.2, 0) is 6.61 Å². The first-order valence-corrected chi connectivity index (χ1v) is 7.89. The average molecular weight is 354 g/mol. The van der Waals surface area contributed by atoms with Crippen molar-refractivity contribution in [3.05, 3.63) is 83.9 Å². The van der Waals surface area contributed by atoms with E-state index in [9.17, 15) is 13.2 Å². The third kappa shape index (κ3) is 2.74. The van der Waals surface area contributed by atoms with Gasteiger partial charge in [-0.2, -0.15) is 0 Å². The summed E-state index contributed by atoms with van der Waals surface area (Å²) < 4.78 is 42.8. The Morgan fingerprint density at radius 1 is 0.846 bits per heavy atom. The van der Waals surface area contributed by atoms with Gasteiger partial charge in [0.05, 0.1) is 12.3 Å². The second-order valence-electron chi connectivity index (χ2n) is 5.86. The van der Waals surface area contributed by atoms with Crippen molar-refractivity contribution in [1.82, 2.24) is 9.38 Å². The Hall–Kier alpha value is -3.12. The zero-order valence-corrected chi connectivity index (χ0v) is 13.5. The van der Waals surface area contributed by atoms with E-state index in [0.29, 0.717) is 16.9 Å². The lowest BCUT2D eigenvalue weighted by Gasteiger charge is -2.08. The van der Waals surface area contributed by atoms with Crippen LogP contribution in [0.4, 0.5) is 13.2 Å². The smallest absolute Gasteiger partial charge is 0.139 e.